The van der Waals surface area contributed by atoms with Crippen molar-refractivity contribution >= 4 is 56.4 Å². The minimum atomic E-state index is 0.794. The maximum Gasteiger partial charge on any atom is 0.113 e. The quantitative estimate of drug-likeness (QED) is 0.223. The van der Waals surface area contributed by atoms with E-state index in [1.807, 2.05) is 6.07 Å². The Morgan fingerprint density at radius 2 is 0.931 bits per heavy atom. The first kappa shape index (κ1) is 16.4. The number of benzene rings is 6. The van der Waals surface area contributed by atoms with E-state index in [-0.39, 0.29) is 0 Å². The molecule has 0 aliphatic rings. The van der Waals surface area contributed by atoms with E-state index in [0.29, 0.717) is 0 Å². The van der Waals surface area contributed by atoms with Crippen LogP contribution in [0, 0.1) is 0 Å². The highest BCUT2D eigenvalue weighted by Crippen LogP contribution is 2.38. The van der Waals surface area contributed by atoms with Crippen LogP contribution < -0.4 is 5.46 Å². The van der Waals surface area contributed by atoms with Gasteiger partial charge in [-0.05, 0) is 60.3 Å². The van der Waals surface area contributed by atoms with E-state index >= 15 is 0 Å². The fourth-order valence-electron chi connectivity index (χ4n) is 4.65. The molecule has 0 heterocycles. The van der Waals surface area contributed by atoms with E-state index in [1.54, 1.807) is 0 Å². The summed E-state index contributed by atoms with van der Waals surface area (Å²) >= 11 is 0. The fourth-order valence-corrected chi connectivity index (χ4v) is 4.65. The van der Waals surface area contributed by atoms with Gasteiger partial charge in [0.2, 0.25) is 0 Å². The normalized spacial score (nSPS) is 11.6. The third-order valence-electron chi connectivity index (χ3n) is 5.94. The average molecular weight is 364 g/mol. The van der Waals surface area contributed by atoms with E-state index in [1.165, 1.54) is 54.2 Å². The third-order valence-corrected chi connectivity index (χ3v) is 5.94. The van der Waals surface area contributed by atoms with Crippen molar-refractivity contribution in [3.63, 3.8) is 0 Å². The topological polar surface area (TPSA) is 0 Å². The van der Waals surface area contributed by atoms with Crippen LogP contribution in [0.15, 0.2) is 103 Å². The Morgan fingerprint density at radius 3 is 1.59 bits per heavy atom. The minimum absolute atomic E-state index is 0.794. The van der Waals surface area contributed by atoms with Crippen molar-refractivity contribution in [2.75, 3.05) is 0 Å². The summed E-state index contributed by atoms with van der Waals surface area (Å²) in [6, 6.07) is 36.8. The zero-order chi connectivity index (χ0) is 19.4. The van der Waals surface area contributed by atoms with Crippen LogP contribution in [0.3, 0.4) is 0 Å². The molecule has 0 aliphatic heterocycles. The number of hydrogen-bond acceptors (Lipinski definition) is 0. The van der Waals surface area contributed by atoms with Crippen LogP contribution in [-0.4, -0.2) is 7.85 Å². The van der Waals surface area contributed by atoms with Crippen LogP contribution in [0.25, 0.3) is 54.2 Å². The number of hydrogen-bond donors (Lipinski definition) is 0. The highest BCUT2D eigenvalue weighted by atomic mass is 14.1. The monoisotopic (exact) mass is 364 g/mol. The Kier molecular flexibility index (Phi) is 3.51. The van der Waals surface area contributed by atoms with Crippen LogP contribution in [0.5, 0.6) is 0 Å². The fraction of sp³-hybridized carbons (Fsp3) is 0. The van der Waals surface area contributed by atoms with Gasteiger partial charge < -0.3 is 0 Å². The van der Waals surface area contributed by atoms with E-state index in [2.05, 4.69) is 97.1 Å². The lowest BCUT2D eigenvalue weighted by Crippen LogP contribution is -2.02. The molecule has 0 unspecified atom stereocenters. The molecule has 0 bridgehead atoms. The molecule has 0 aromatic heterocycles. The lowest BCUT2D eigenvalue weighted by molar-refractivity contribution is 1.71. The predicted molar refractivity (Wildman–Crippen MR) is 127 cm³/mol. The summed E-state index contributed by atoms with van der Waals surface area (Å²) in [7, 11) is 6.24. The summed E-state index contributed by atoms with van der Waals surface area (Å²) in [5, 5.41) is 10.2. The molecule has 0 saturated carbocycles. The molecule has 0 aliphatic carbocycles. The third kappa shape index (κ3) is 2.48. The molecule has 29 heavy (non-hydrogen) atoms. The van der Waals surface area contributed by atoms with Gasteiger partial charge in [0.15, 0.2) is 0 Å². The first-order chi connectivity index (χ1) is 14.3. The number of fused-ring (bicyclic) bond motifs is 7. The van der Waals surface area contributed by atoms with Crippen LogP contribution in [0.4, 0.5) is 0 Å². The zero-order valence-electron chi connectivity index (χ0n) is 15.9. The van der Waals surface area contributed by atoms with Gasteiger partial charge >= 0.3 is 0 Å². The molecule has 0 N–H and O–H groups in total. The van der Waals surface area contributed by atoms with Gasteiger partial charge in [-0.1, -0.05) is 103 Å². The molecule has 6 rings (SSSR count). The van der Waals surface area contributed by atoms with Gasteiger partial charge in [0, 0.05) is 0 Å². The summed E-state index contributed by atoms with van der Waals surface area (Å²) in [6.45, 7) is 0. The Labute approximate surface area is 170 Å². The van der Waals surface area contributed by atoms with Gasteiger partial charge in [0.25, 0.3) is 0 Å². The van der Waals surface area contributed by atoms with Crippen molar-refractivity contribution in [1.29, 1.82) is 0 Å². The lowest BCUT2D eigenvalue weighted by Gasteiger charge is -2.13. The average Bonchev–Trinajstić information content (AvgIpc) is 2.78. The van der Waals surface area contributed by atoms with Crippen molar-refractivity contribution in [1.82, 2.24) is 0 Å². The summed E-state index contributed by atoms with van der Waals surface area (Å²) < 4.78 is 0. The molecule has 1 heteroatoms. The van der Waals surface area contributed by atoms with Crippen LogP contribution in [-0.2, 0) is 0 Å². The molecule has 132 valence electrons. The maximum absolute atomic E-state index is 6.24. The smallest absolute Gasteiger partial charge is 0.0954 e. The first-order valence-corrected chi connectivity index (χ1v) is 9.91. The molecule has 0 nitrogen and oxygen atoms in total. The van der Waals surface area contributed by atoms with E-state index in [9.17, 15) is 0 Å². The molecule has 0 spiro atoms. The van der Waals surface area contributed by atoms with Crippen molar-refractivity contribution in [2.45, 2.75) is 0 Å². The standard InChI is InChI=1S/C28H17B/c29-20-15-18-7-1-2-8-21(18)27(17-20)19-13-14-26-24-11-4-3-9-22(24)23-10-5-6-12-25(23)28(26)16-19/h1-17H. The molecule has 0 atom stereocenters. The van der Waals surface area contributed by atoms with Gasteiger partial charge in [-0.2, -0.15) is 0 Å². The molecular formula is C28H17B. The molecule has 0 amide bonds. The Hall–Kier alpha value is -3.58. The van der Waals surface area contributed by atoms with Crippen LogP contribution in [0.2, 0.25) is 0 Å². The highest BCUT2D eigenvalue weighted by molar-refractivity contribution is 6.34. The SMILES string of the molecule is [B]c1cc(-c2ccc3c4ccccc4c4ccccc4c3c2)c2ccccc2c1. The van der Waals surface area contributed by atoms with Gasteiger partial charge in [-0.15, -0.1) is 0 Å². The largest absolute Gasteiger partial charge is 0.113 e. The van der Waals surface area contributed by atoms with Crippen molar-refractivity contribution in [2.24, 2.45) is 0 Å². The zero-order valence-corrected chi connectivity index (χ0v) is 15.9. The molecule has 2 radical (unpaired) electrons. The van der Waals surface area contributed by atoms with E-state index in [0.717, 1.165) is 5.46 Å². The summed E-state index contributed by atoms with van der Waals surface area (Å²) in [5.41, 5.74) is 3.17. The molecular weight excluding hydrogens is 347 g/mol. The first-order valence-electron chi connectivity index (χ1n) is 9.91. The van der Waals surface area contributed by atoms with Gasteiger partial charge in [0.1, 0.15) is 7.85 Å². The second-order valence-corrected chi connectivity index (χ2v) is 7.64. The maximum atomic E-state index is 6.24. The lowest BCUT2D eigenvalue weighted by atomic mass is 9.86. The van der Waals surface area contributed by atoms with Gasteiger partial charge in [0.05, 0.1) is 0 Å². The molecule has 6 aromatic rings. The highest BCUT2D eigenvalue weighted by Gasteiger charge is 2.11. The second-order valence-electron chi connectivity index (χ2n) is 7.64. The Bertz CT molecular complexity index is 1520. The molecule has 6 aromatic carbocycles. The summed E-state index contributed by atoms with van der Waals surface area (Å²) in [6.07, 6.45) is 0. The van der Waals surface area contributed by atoms with E-state index in [4.69, 9.17) is 7.85 Å². The predicted octanol–water partition coefficient (Wildman–Crippen LogP) is 6.76. The Balaban J connectivity index is 1.76. The van der Waals surface area contributed by atoms with Crippen LogP contribution in [0.1, 0.15) is 0 Å². The van der Waals surface area contributed by atoms with Crippen molar-refractivity contribution in [3.8, 4) is 11.1 Å². The van der Waals surface area contributed by atoms with E-state index < -0.39 is 0 Å². The molecule has 0 saturated heterocycles. The van der Waals surface area contributed by atoms with Crippen molar-refractivity contribution < 1.29 is 0 Å². The van der Waals surface area contributed by atoms with Crippen LogP contribution >= 0.6 is 0 Å². The van der Waals surface area contributed by atoms with Gasteiger partial charge in [-0.3, -0.25) is 0 Å². The second kappa shape index (κ2) is 6.22. The number of rotatable bonds is 1. The van der Waals surface area contributed by atoms with Gasteiger partial charge in [-0.25, -0.2) is 0 Å². The minimum Gasteiger partial charge on any atom is -0.0954 e. The summed E-state index contributed by atoms with van der Waals surface area (Å²) in [5.74, 6) is 0. The molecule has 0 fully saturated rings. The Morgan fingerprint density at radius 1 is 0.414 bits per heavy atom. The summed E-state index contributed by atoms with van der Waals surface area (Å²) in [4.78, 5) is 0. The van der Waals surface area contributed by atoms with Crippen molar-refractivity contribution in [3.05, 3.63) is 103 Å².